The largest absolute Gasteiger partial charge is 0.411 e. The molecule has 0 radical (unpaired) electrons. The average molecular weight is 296 g/mol. The predicted octanol–water partition coefficient (Wildman–Crippen LogP) is 2.67. The van der Waals surface area contributed by atoms with Gasteiger partial charge in [-0.25, -0.2) is 0 Å². The fourth-order valence-electron chi connectivity index (χ4n) is 2.50. The Morgan fingerprint density at radius 2 is 2.10 bits per heavy atom. The molecular weight excluding hydrogens is 269 g/mol. The highest BCUT2D eigenvalue weighted by molar-refractivity contribution is 4.75. The van der Waals surface area contributed by atoms with Crippen LogP contribution in [0.25, 0.3) is 0 Å². The third kappa shape index (κ3) is 8.76. The van der Waals surface area contributed by atoms with E-state index in [0.29, 0.717) is 18.4 Å². The maximum atomic E-state index is 11.9. The second-order valence-electron chi connectivity index (χ2n) is 5.89. The van der Waals surface area contributed by atoms with Gasteiger partial charge in [-0.05, 0) is 38.3 Å². The van der Waals surface area contributed by atoms with Crippen LogP contribution in [-0.4, -0.2) is 56.5 Å². The molecule has 1 rings (SSSR count). The minimum Gasteiger partial charge on any atom is -0.372 e. The van der Waals surface area contributed by atoms with Crippen molar-refractivity contribution in [2.45, 2.75) is 45.3 Å². The zero-order valence-corrected chi connectivity index (χ0v) is 12.5. The van der Waals surface area contributed by atoms with Crippen molar-refractivity contribution in [1.29, 1.82) is 0 Å². The molecule has 0 spiro atoms. The van der Waals surface area contributed by atoms with Crippen LogP contribution in [0.4, 0.5) is 13.2 Å². The molecule has 6 heteroatoms. The number of piperidine rings is 1. The fourth-order valence-corrected chi connectivity index (χ4v) is 2.50. The van der Waals surface area contributed by atoms with E-state index in [1.54, 1.807) is 0 Å². The summed E-state index contributed by atoms with van der Waals surface area (Å²) < 4.78 is 40.3. The monoisotopic (exact) mass is 296 g/mol. The molecule has 0 bridgehead atoms. The highest BCUT2D eigenvalue weighted by Crippen LogP contribution is 2.17. The molecule has 1 fully saturated rings. The topological polar surface area (TPSA) is 24.5 Å². The molecule has 1 N–H and O–H groups in total. The molecular formula is C14H27F3N2O. The molecule has 120 valence electrons. The zero-order chi connectivity index (χ0) is 15.0. The number of hydrogen-bond acceptors (Lipinski definition) is 3. The average Bonchev–Trinajstić information content (AvgIpc) is 2.35. The van der Waals surface area contributed by atoms with Crippen molar-refractivity contribution in [2.24, 2.45) is 5.92 Å². The van der Waals surface area contributed by atoms with E-state index in [1.165, 1.54) is 12.8 Å². The standard InChI is InChI=1S/C14H27F3N2O/c1-12(2)18-9-13-5-3-6-19(10-13)7-4-8-20-11-14(15,16)17/h12-13,18H,3-11H2,1-2H3. The minimum absolute atomic E-state index is 0.185. The van der Waals surface area contributed by atoms with E-state index in [1.807, 2.05) is 0 Å². The van der Waals surface area contributed by atoms with E-state index in [4.69, 9.17) is 0 Å². The number of nitrogens with one attached hydrogen (secondary N) is 1. The Labute approximate surface area is 119 Å². The van der Waals surface area contributed by atoms with Gasteiger partial charge in [-0.2, -0.15) is 13.2 Å². The minimum atomic E-state index is -4.21. The first-order valence-electron chi connectivity index (χ1n) is 7.47. The first-order chi connectivity index (χ1) is 9.37. The Morgan fingerprint density at radius 1 is 1.35 bits per heavy atom. The smallest absolute Gasteiger partial charge is 0.372 e. The Bertz CT molecular complexity index is 259. The summed E-state index contributed by atoms with van der Waals surface area (Å²) in [5.41, 5.74) is 0. The van der Waals surface area contributed by atoms with Gasteiger partial charge in [0.05, 0.1) is 0 Å². The van der Waals surface area contributed by atoms with Crippen molar-refractivity contribution >= 4 is 0 Å². The van der Waals surface area contributed by atoms with Gasteiger partial charge in [0.2, 0.25) is 0 Å². The maximum Gasteiger partial charge on any atom is 0.411 e. The molecule has 0 aromatic rings. The number of likely N-dealkylation sites (tertiary alicyclic amines) is 1. The molecule has 3 nitrogen and oxygen atoms in total. The lowest BCUT2D eigenvalue weighted by Gasteiger charge is -2.33. The van der Waals surface area contributed by atoms with E-state index in [-0.39, 0.29) is 6.61 Å². The van der Waals surface area contributed by atoms with Crippen LogP contribution in [0, 0.1) is 5.92 Å². The van der Waals surface area contributed by atoms with Crippen molar-refractivity contribution in [1.82, 2.24) is 10.2 Å². The van der Waals surface area contributed by atoms with E-state index in [2.05, 4.69) is 28.8 Å². The number of rotatable bonds is 8. The van der Waals surface area contributed by atoms with Crippen molar-refractivity contribution in [2.75, 3.05) is 39.4 Å². The summed E-state index contributed by atoms with van der Waals surface area (Å²) in [6, 6.07) is 0.501. The summed E-state index contributed by atoms with van der Waals surface area (Å²) in [4.78, 5) is 2.34. The van der Waals surface area contributed by atoms with Crippen LogP contribution in [0.2, 0.25) is 0 Å². The van der Waals surface area contributed by atoms with Gasteiger partial charge < -0.3 is 15.0 Å². The molecule has 1 heterocycles. The van der Waals surface area contributed by atoms with Gasteiger partial charge >= 0.3 is 6.18 Å². The molecule has 0 amide bonds. The summed E-state index contributed by atoms with van der Waals surface area (Å²) >= 11 is 0. The van der Waals surface area contributed by atoms with Gasteiger partial charge in [-0.15, -0.1) is 0 Å². The Morgan fingerprint density at radius 3 is 2.75 bits per heavy atom. The van der Waals surface area contributed by atoms with Crippen LogP contribution in [0.5, 0.6) is 0 Å². The SMILES string of the molecule is CC(C)NCC1CCCN(CCCOCC(F)(F)F)C1. The lowest BCUT2D eigenvalue weighted by Crippen LogP contribution is -2.41. The summed E-state index contributed by atoms with van der Waals surface area (Å²) in [5, 5.41) is 3.45. The summed E-state index contributed by atoms with van der Waals surface area (Å²) in [6.07, 6.45) is -1.13. The van der Waals surface area contributed by atoms with Crippen molar-refractivity contribution < 1.29 is 17.9 Å². The molecule has 1 saturated heterocycles. The Balaban J connectivity index is 2.08. The third-order valence-corrected chi connectivity index (χ3v) is 3.45. The molecule has 0 saturated carbocycles. The lowest BCUT2D eigenvalue weighted by atomic mass is 9.97. The van der Waals surface area contributed by atoms with Crippen LogP contribution in [0.3, 0.4) is 0 Å². The summed E-state index contributed by atoms with van der Waals surface area (Å²) in [5.74, 6) is 0.655. The van der Waals surface area contributed by atoms with Crippen LogP contribution < -0.4 is 5.32 Å². The van der Waals surface area contributed by atoms with Crippen LogP contribution in [0.15, 0.2) is 0 Å². The van der Waals surface area contributed by atoms with Gasteiger partial charge in [-0.1, -0.05) is 13.8 Å². The fraction of sp³-hybridized carbons (Fsp3) is 1.00. The number of alkyl halides is 3. The second kappa shape index (κ2) is 8.85. The van der Waals surface area contributed by atoms with Crippen LogP contribution in [0.1, 0.15) is 33.1 Å². The van der Waals surface area contributed by atoms with Gasteiger partial charge in [0, 0.05) is 25.7 Å². The van der Waals surface area contributed by atoms with E-state index in [0.717, 1.165) is 26.2 Å². The first kappa shape index (κ1) is 17.7. The molecule has 1 aliphatic heterocycles. The molecule has 0 aliphatic carbocycles. The molecule has 0 aromatic carbocycles. The number of halogens is 3. The van der Waals surface area contributed by atoms with Gasteiger partial charge in [0.15, 0.2) is 0 Å². The summed E-state index contributed by atoms with van der Waals surface area (Å²) in [7, 11) is 0. The number of hydrogen-bond donors (Lipinski definition) is 1. The molecule has 0 aromatic heterocycles. The van der Waals surface area contributed by atoms with Gasteiger partial charge in [0.1, 0.15) is 6.61 Å². The van der Waals surface area contributed by atoms with Crippen molar-refractivity contribution in [3.8, 4) is 0 Å². The quantitative estimate of drug-likeness (QED) is 0.697. The van der Waals surface area contributed by atoms with E-state index >= 15 is 0 Å². The highest BCUT2D eigenvalue weighted by atomic mass is 19.4. The Kier molecular flexibility index (Phi) is 7.84. The van der Waals surface area contributed by atoms with Crippen LogP contribution in [-0.2, 0) is 4.74 Å². The summed E-state index contributed by atoms with van der Waals surface area (Å²) in [6.45, 7) is 7.28. The van der Waals surface area contributed by atoms with E-state index in [9.17, 15) is 13.2 Å². The third-order valence-electron chi connectivity index (χ3n) is 3.45. The van der Waals surface area contributed by atoms with Crippen molar-refractivity contribution in [3.05, 3.63) is 0 Å². The Hall–Kier alpha value is -0.330. The number of ether oxygens (including phenoxy) is 1. The van der Waals surface area contributed by atoms with E-state index < -0.39 is 12.8 Å². The normalized spacial score (nSPS) is 21.6. The van der Waals surface area contributed by atoms with Gasteiger partial charge in [-0.3, -0.25) is 0 Å². The zero-order valence-electron chi connectivity index (χ0n) is 12.5. The van der Waals surface area contributed by atoms with Crippen molar-refractivity contribution in [3.63, 3.8) is 0 Å². The molecule has 1 aliphatic rings. The second-order valence-corrected chi connectivity index (χ2v) is 5.89. The molecule has 1 atom stereocenters. The number of nitrogens with zero attached hydrogens (tertiary/aromatic N) is 1. The van der Waals surface area contributed by atoms with Crippen LogP contribution >= 0.6 is 0 Å². The highest BCUT2D eigenvalue weighted by Gasteiger charge is 2.27. The maximum absolute atomic E-state index is 11.9. The predicted molar refractivity (Wildman–Crippen MR) is 73.8 cm³/mol. The molecule has 20 heavy (non-hydrogen) atoms. The molecule has 1 unspecified atom stereocenters. The van der Waals surface area contributed by atoms with Gasteiger partial charge in [0.25, 0.3) is 0 Å². The first-order valence-corrected chi connectivity index (χ1v) is 7.47. The lowest BCUT2D eigenvalue weighted by molar-refractivity contribution is -0.174.